The van der Waals surface area contributed by atoms with Crippen LogP contribution in [0.4, 0.5) is 13.2 Å². The Morgan fingerprint density at radius 1 is 1.45 bits per heavy atom. The predicted molar refractivity (Wildman–Crippen MR) is 68.9 cm³/mol. The van der Waals surface area contributed by atoms with Crippen molar-refractivity contribution in [3.63, 3.8) is 0 Å². The Hall–Kier alpha value is -1.83. The van der Waals surface area contributed by atoms with Gasteiger partial charge in [-0.05, 0) is 37.3 Å². The van der Waals surface area contributed by atoms with E-state index < -0.39 is 23.8 Å². The molecule has 8 heteroatoms. The van der Waals surface area contributed by atoms with Gasteiger partial charge in [-0.25, -0.2) is 4.79 Å². The van der Waals surface area contributed by atoms with E-state index in [2.05, 4.69) is 9.72 Å². The van der Waals surface area contributed by atoms with Crippen molar-refractivity contribution in [3.05, 3.63) is 28.5 Å². The number of rotatable bonds is 2. The van der Waals surface area contributed by atoms with Crippen LogP contribution in [0.3, 0.4) is 0 Å². The number of carbonyl (C=O) groups excluding carboxylic acids is 1. The number of aromatic amines is 1. The van der Waals surface area contributed by atoms with Gasteiger partial charge in [0.15, 0.2) is 4.77 Å². The number of alkyl halides is 3. The molecule has 0 radical (unpaired) electrons. The molecule has 2 aromatic rings. The molecule has 1 aromatic heterocycles. The summed E-state index contributed by atoms with van der Waals surface area (Å²) in [6.45, 7) is 1.56. The van der Waals surface area contributed by atoms with E-state index in [0.717, 1.165) is 12.1 Å². The zero-order valence-electron chi connectivity index (χ0n) is 10.6. The number of H-pyrrole nitrogens is 1. The van der Waals surface area contributed by atoms with Crippen molar-refractivity contribution in [2.75, 3.05) is 7.11 Å². The smallest absolute Gasteiger partial charge is 0.416 e. The van der Waals surface area contributed by atoms with Crippen molar-refractivity contribution in [2.45, 2.75) is 19.1 Å². The number of carbonyl (C=O) groups is 1. The summed E-state index contributed by atoms with van der Waals surface area (Å²) in [7, 11) is 1.24. The molecule has 2 rings (SSSR count). The molecule has 1 atom stereocenters. The Morgan fingerprint density at radius 3 is 2.65 bits per heavy atom. The van der Waals surface area contributed by atoms with Crippen molar-refractivity contribution >= 4 is 29.2 Å². The van der Waals surface area contributed by atoms with Crippen LogP contribution in [0.25, 0.3) is 11.0 Å². The molecule has 0 spiro atoms. The molecule has 4 nitrogen and oxygen atoms in total. The first kappa shape index (κ1) is 14.6. The molecule has 1 unspecified atom stereocenters. The molecule has 0 saturated carbocycles. The molecule has 0 aliphatic heterocycles. The first-order chi connectivity index (χ1) is 9.25. The van der Waals surface area contributed by atoms with Crippen molar-refractivity contribution in [2.24, 2.45) is 0 Å². The molecule has 0 aliphatic rings. The third kappa shape index (κ3) is 2.43. The van der Waals surface area contributed by atoms with Gasteiger partial charge in [-0.1, -0.05) is 0 Å². The molecule has 1 N–H and O–H groups in total. The Balaban J connectivity index is 2.62. The van der Waals surface area contributed by atoms with E-state index in [4.69, 9.17) is 12.2 Å². The minimum atomic E-state index is -4.43. The van der Waals surface area contributed by atoms with E-state index in [9.17, 15) is 18.0 Å². The van der Waals surface area contributed by atoms with Crippen LogP contribution in [0, 0.1) is 4.77 Å². The summed E-state index contributed by atoms with van der Waals surface area (Å²) in [5, 5.41) is 0. The van der Waals surface area contributed by atoms with E-state index in [1.807, 2.05) is 0 Å². The van der Waals surface area contributed by atoms with Crippen LogP contribution in [0.2, 0.25) is 0 Å². The monoisotopic (exact) mass is 304 g/mol. The molecular formula is C12H11F3N2O2S. The summed E-state index contributed by atoms with van der Waals surface area (Å²) >= 11 is 5.05. The third-order valence-corrected chi connectivity index (χ3v) is 3.27. The summed E-state index contributed by atoms with van der Waals surface area (Å²) in [6, 6.07) is 2.47. The number of nitrogens with one attached hydrogen (secondary N) is 1. The number of hydrogen-bond acceptors (Lipinski definition) is 3. The standard InChI is InChI=1S/C12H11F3N2O2S/c1-6(10(18)19-2)17-9-4-3-7(12(13,14)15)5-8(9)16-11(17)20/h3-6H,1-2H3,(H,16,20). The highest BCUT2D eigenvalue weighted by molar-refractivity contribution is 7.71. The van der Waals surface area contributed by atoms with Gasteiger partial charge in [0.2, 0.25) is 0 Å². The summed E-state index contributed by atoms with van der Waals surface area (Å²) in [4.78, 5) is 14.2. The number of nitrogens with zero attached hydrogens (tertiary/aromatic N) is 1. The van der Waals surface area contributed by atoms with E-state index >= 15 is 0 Å². The van der Waals surface area contributed by atoms with Crippen molar-refractivity contribution in [3.8, 4) is 0 Å². The van der Waals surface area contributed by atoms with Crippen LogP contribution in [-0.2, 0) is 15.7 Å². The fourth-order valence-electron chi connectivity index (χ4n) is 1.97. The van der Waals surface area contributed by atoms with Gasteiger partial charge in [0, 0.05) is 0 Å². The number of fused-ring (bicyclic) bond motifs is 1. The number of aromatic nitrogens is 2. The normalized spacial score (nSPS) is 13.4. The largest absolute Gasteiger partial charge is 0.467 e. The van der Waals surface area contributed by atoms with E-state index in [1.54, 1.807) is 6.92 Å². The van der Waals surface area contributed by atoms with Gasteiger partial charge in [-0.15, -0.1) is 0 Å². The number of ether oxygens (including phenoxy) is 1. The molecule has 1 aromatic carbocycles. The second kappa shape index (κ2) is 4.93. The zero-order valence-corrected chi connectivity index (χ0v) is 11.4. The fraction of sp³-hybridized carbons (Fsp3) is 0.333. The Morgan fingerprint density at radius 2 is 2.10 bits per heavy atom. The third-order valence-electron chi connectivity index (χ3n) is 2.97. The lowest BCUT2D eigenvalue weighted by Crippen LogP contribution is -2.17. The number of benzene rings is 1. The average molecular weight is 304 g/mol. The summed E-state index contributed by atoms with van der Waals surface area (Å²) in [5.74, 6) is -0.526. The number of hydrogen-bond donors (Lipinski definition) is 1. The van der Waals surface area contributed by atoms with Crippen LogP contribution < -0.4 is 0 Å². The topological polar surface area (TPSA) is 47.0 Å². The van der Waals surface area contributed by atoms with Crippen LogP contribution in [0.15, 0.2) is 18.2 Å². The highest BCUT2D eigenvalue weighted by atomic mass is 32.1. The molecule has 0 bridgehead atoms. The highest BCUT2D eigenvalue weighted by Gasteiger charge is 2.31. The van der Waals surface area contributed by atoms with Gasteiger partial charge in [0.25, 0.3) is 0 Å². The zero-order chi connectivity index (χ0) is 15.1. The maximum Gasteiger partial charge on any atom is 0.416 e. The Labute approximate surface area is 117 Å². The molecule has 0 saturated heterocycles. The minimum Gasteiger partial charge on any atom is -0.467 e. The minimum absolute atomic E-state index is 0.164. The quantitative estimate of drug-likeness (QED) is 0.683. The summed E-state index contributed by atoms with van der Waals surface area (Å²) in [5.41, 5.74) is -0.138. The first-order valence-electron chi connectivity index (χ1n) is 5.65. The van der Waals surface area contributed by atoms with E-state index in [0.29, 0.717) is 5.52 Å². The number of esters is 1. The lowest BCUT2D eigenvalue weighted by Gasteiger charge is -2.12. The Bertz CT molecular complexity index is 718. The number of methoxy groups -OCH3 is 1. The van der Waals surface area contributed by atoms with Crippen LogP contribution in [0.1, 0.15) is 18.5 Å². The van der Waals surface area contributed by atoms with Gasteiger partial charge >= 0.3 is 12.1 Å². The summed E-state index contributed by atoms with van der Waals surface area (Å²) in [6.07, 6.45) is -4.43. The fourth-order valence-corrected chi connectivity index (χ4v) is 2.33. The van der Waals surface area contributed by atoms with Crippen LogP contribution in [-0.4, -0.2) is 22.6 Å². The lowest BCUT2D eigenvalue weighted by atomic mass is 10.2. The molecule has 0 amide bonds. The van der Waals surface area contributed by atoms with Gasteiger partial charge in [-0.3, -0.25) is 0 Å². The van der Waals surface area contributed by atoms with E-state index in [1.165, 1.54) is 17.7 Å². The number of halogens is 3. The maximum atomic E-state index is 12.6. The van der Waals surface area contributed by atoms with Crippen LogP contribution in [0.5, 0.6) is 0 Å². The SMILES string of the molecule is COC(=O)C(C)n1c(=S)[nH]c2cc(C(F)(F)F)ccc21. The van der Waals surface area contributed by atoms with Gasteiger partial charge < -0.3 is 14.3 Å². The number of imidazole rings is 1. The maximum absolute atomic E-state index is 12.6. The molecular weight excluding hydrogens is 293 g/mol. The van der Waals surface area contributed by atoms with Gasteiger partial charge in [-0.2, -0.15) is 13.2 Å². The summed E-state index contributed by atoms with van der Waals surface area (Å²) < 4.78 is 44.1. The predicted octanol–water partition coefficient (Wildman–Crippen LogP) is 3.45. The molecule has 0 fully saturated rings. The van der Waals surface area contributed by atoms with Crippen molar-refractivity contribution in [1.82, 2.24) is 9.55 Å². The average Bonchev–Trinajstić information content (AvgIpc) is 2.70. The molecule has 108 valence electrons. The van der Waals surface area contributed by atoms with Crippen molar-refractivity contribution in [1.29, 1.82) is 0 Å². The second-order valence-corrected chi connectivity index (χ2v) is 4.62. The van der Waals surface area contributed by atoms with E-state index in [-0.39, 0.29) is 10.3 Å². The molecule has 20 heavy (non-hydrogen) atoms. The molecule has 0 aliphatic carbocycles. The lowest BCUT2D eigenvalue weighted by molar-refractivity contribution is -0.144. The van der Waals surface area contributed by atoms with Crippen molar-refractivity contribution < 1.29 is 22.7 Å². The van der Waals surface area contributed by atoms with Gasteiger partial charge in [0.05, 0.1) is 23.7 Å². The Kier molecular flexibility index (Phi) is 3.59. The van der Waals surface area contributed by atoms with Gasteiger partial charge in [0.1, 0.15) is 6.04 Å². The first-order valence-corrected chi connectivity index (χ1v) is 6.06. The van der Waals surface area contributed by atoms with Crippen LogP contribution >= 0.6 is 12.2 Å². The molecule has 1 heterocycles. The second-order valence-electron chi connectivity index (χ2n) is 4.23. The highest BCUT2D eigenvalue weighted by Crippen LogP contribution is 2.31.